The highest BCUT2D eigenvalue weighted by Gasteiger charge is 2.83. The predicted octanol–water partition coefficient (Wildman–Crippen LogP) is 3.21. The molecule has 144 valence electrons. The third-order valence-corrected chi connectivity index (χ3v) is 7.64. The minimum Gasteiger partial charge on any atom is -0.448 e. The van der Waals surface area contributed by atoms with Crippen molar-refractivity contribution in [3.05, 3.63) is 11.1 Å². The summed E-state index contributed by atoms with van der Waals surface area (Å²) in [6.45, 7) is 11.2. The van der Waals surface area contributed by atoms with Gasteiger partial charge in [-0.2, -0.15) is 0 Å². The summed E-state index contributed by atoms with van der Waals surface area (Å²) >= 11 is 0. The fourth-order valence-electron chi connectivity index (χ4n) is 6.72. The maximum absolute atomic E-state index is 12.8. The molecule has 2 bridgehead atoms. The Hall–Kier alpha value is -1.20. The standard InChI is InChI=1S/C21H30O5/c1-6-24-18-12(3)8-9-20(25-7-2)19(5)11-16(23)26-21(18,20)17-13(4)15(22)10-14(17)19/h12,14,18H,6-11H2,1-5H3. The van der Waals surface area contributed by atoms with Crippen molar-refractivity contribution in [1.29, 1.82) is 0 Å². The molecule has 0 radical (unpaired) electrons. The minimum atomic E-state index is -0.971. The number of carbonyl (C=O) groups is 2. The van der Waals surface area contributed by atoms with Crippen LogP contribution in [0.4, 0.5) is 0 Å². The molecule has 6 atom stereocenters. The van der Waals surface area contributed by atoms with E-state index in [1.54, 1.807) is 0 Å². The molecule has 1 heterocycles. The maximum atomic E-state index is 12.8. The molecular formula is C21H30O5. The Morgan fingerprint density at radius 3 is 2.62 bits per heavy atom. The molecular weight excluding hydrogens is 332 g/mol. The topological polar surface area (TPSA) is 61.8 Å². The van der Waals surface area contributed by atoms with Crippen LogP contribution in [0.2, 0.25) is 0 Å². The number of Topliss-reactive ketones (excluding diaryl/α,β-unsaturated/α-hetero) is 1. The van der Waals surface area contributed by atoms with Crippen LogP contribution in [0, 0.1) is 17.3 Å². The van der Waals surface area contributed by atoms with Crippen LogP contribution in [-0.2, 0) is 23.8 Å². The average Bonchev–Trinajstić information content (AvgIpc) is 2.92. The zero-order valence-corrected chi connectivity index (χ0v) is 16.5. The summed E-state index contributed by atoms with van der Waals surface area (Å²) in [6.07, 6.45) is 2.27. The summed E-state index contributed by atoms with van der Waals surface area (Å²) in [4.78, 5) is 25.4. The number of carbonyl (C=O) groups excluding carboxylic acids is 2. The molecule has 1 aliphatic heterocycles. The van der Waals surface area contributed by atoms with Crippen LogP contribution in [0.25, 0.3) is 0 Å². The maximum Gasteiger partial charge on any atom is 0.307 e. The van der Waals surface area contributed by atoms with Gasteiger partial charge in [-0.05, 0) is 50.7 Å². The molecule has 3 fully saturated rings. The van der Waals surface area contributed by atoms with Gasteiger partial charge in [-0.25, -0.2) is 0 Å². The average molecular weight is 362 g/mol. The molecule has 4 aliphatic rings. The predicted molar refractivity (Wildman–Crippen MR) is 95.5 cm³/mol. The number of ketones is 1. The summed E-state index contributed by atoms with van der Waals surface area (Å²) in [5.74, 6) is 0.214. The summed E-state index contributed by atoms with van der Waals surface area (Å²) in [7, 11) is 0. The van der Waals surface area contributed by atoms with E-state index in [1.807, 2.05) is 20.8 Å². The van der Waals surface area contributed by atoms with E-state index in [0.29, 0.717) is 26.1 Å². The fraction of sp³-hybridized carbons (Fsp3) is 0.810. The summed E-state index contributed by atoms with van der Waals surface area (Å²) < 4.78 is 19.0. The first kappa shape index (κ1) is 18.2. The third-order valence-electron chi connectivity index (χ3n) is 7.64. The van der Waals surface area contributed by atoms with Crippen LogP contribution in [0.15, 0.2) is 11.1 Å². The number of rotatable bonds is 4. The van der Waals surface area contributed by atoms with E-state index in [9.17, 15) is 9.59 Å². The van der Waals surface area contributed by atoms with Crippen LogP contribution < -0.4 is 0 Å². The van der Waals surface area contributed by atoms with Crippen molar-refractivity contribution in [3.63, 3.8) is 0 Å². The molecule has 5 nitrogen and oxygen atoms in total. The van der Waals surface area contributed by atoms with E-state index >= 15 is 0 Å². The third kappa shape index (κ3) is 1.79. The van der Waals surface area contributed by atoms with Gasteiger partial charge < -0.3 is 14.2 Å². The molecule has 0 spiro atoms. The number of fused-ring (bicyclic) bond motifs is 2. The number of hydrogen-bond acceptors (Lipinski definition) is 5. The Kier molecular flexibility index (Phi) is 3.95. The van der Waals surface area contributed by atoms with Gasteiger partial charge in [0.1, 0.15) is 11.7 Å². The van der Waals surface area contributed by atoms with E-state index in [-0.39, 0.29) is 29.7 Å². The van der Waals surface area contributed by atoms with Crippen LogP contribution in [-0.4, -0.2) is 42.3 Å². The summed E-state index contributed by atoms with van der Waals surface area (Å²) in [6, 6.07) is 0. The van der Waals surface area contributed by atoms with Gasteiger partial charge in [0.15, 0.2) is 11.4 Å². The minimum absolute atomic E-state index is 0.00116. The Bertz CT molecular complexity index is 697. The second-order valence-electron chi connectivity index (χ2n) is 8.67. The molecule has 0 aromatic heterocycles. The van der Waals surface area contributed by atoms with Crippen molar-refractivity contribution in [1.82, 2.24) is 0 Å². The number of ether oxygens (including phenoxy) is 3. The Balaban J connectivity index is 2.05. The van der Waals surface area contributed by atoms with Crippen molar-refractivity contribution in [2.24, 2.45) is 17.3 Å². The first-order chi connectivity index (χ1) is 12.3. The van der Waals surface area contributed by atoms with E-state index in [4.69, 9.17) is 14.2 Å². The van der Waals surface area contributed by atoms with Crippen molar-refractivity contribution in [2.45, 2.75) is 77.6 Å². The largest absolute Gasteiger partial charge is 0.448 e. The normalized spacial score (nSPS) is 47.0. The molecule has 0 N–H and O–H groups in total. The van der Waals surface area contributed by atoms with Gasteiger partial charge in [-0.1, -0.05) is 13.8 Å². The quantitative estimate of drug-likeness (QED) is 0.719. The SMILES string of the molecule is CCOC1C(C)CCC2(OCC)C3(C)CC(=O)OC12C1=C(C)C(=O)CC13. The first-order valence-corrected chi connectivity index (χ1v) is 10.0. The van der Waals surface area contributed by atoms with E-state index in [0.717, 1.165) is 24.0 Å². The zero-order valence-electron chi connectivity index (χ0n) is 16.5. The monoisotopic (exact) mass is 362 g/mol. The highest BCUT2D eigenvalue weighted by atomic mass is 16.6. The lowest BCUT2D eigenvalue weighted by Crippen LogP contribution is -2.73. The molecule has 2 saturated carbocycles. The molecule has 4 rings (SSSR count). The summed E-state index contributed by atoms with van der Waals surface area (Å²) in [5.41, 5.74) is -0.263. The Morgan fingerprint density at radius 2 is 1.96 bits per heavy atom. The van der Waals surface area contributed by atoms with Gasteiger partial charge in [0, 0.05) is 31.0 Å². The molecule has 26 heavy (non-hydrogen) atoms. The number of allylic oxidation sites excluding steroid dienone is 1. The first-order valence-electron chi connectivity index (χ1n) is 10.0. The van der Waals surface area contributed by atoms with Gasteiger partial charge in [0.2, 0.25) is 0 Å². The zero-order chi connectivity index (χ0) is 18.9. The van der Waals surface area contributed by atoms with Gasteiger partial charge in [-0.15, -0.1) is 0 Å². The Morgan fingerprint density at radius 1 is 1.23 bits per heavy atom. The van der Waals surface area contributed by atoms with Gasteiger partial charge in [-0.3, -0.25) is 9.59 Å². The van der Waals surface area contributed by atoms with Crippen LogP contribution in [0.3, 0.4) is 0 Å². The van der Waals surface area contributed by atoms with Crippen molar-refractivity contribution >= 4 is 11.8 Å². The van der Waals surface area contributed by atoms with Crippen LogP contribution in [0.5, 0.6) is 0 Å². The van der Waals surface area contributed by atoms with Crippen molar-refractivity contribution in [3.8, 4) is 0 Å². The number of hydrogen-bond donors (Lipinski definition) is 0. The molecule has 3 aliphatic carbocycles. The van der Waals surface area contributed by atoms with Gasteiger partial charge in [0.25, 0.3) is 0 Å². The lowest BCUT2D eigenvalue weighted by Gasteiger charge is -2.61. The molecule has 0 aromatic rings. The molecule has 1 saturated heterocycles. The Labute approximate surface area is 155 Å². The van der Waals surface area contributed by atoms with Gasteiger partial charge in [0.05, 0.1) is 6.42 Å². The lowest BCUT2D eigenvalue weighted by atomic mass is 9.56. The fourth-order valence-corrected chi connectivity index (χ4v) is 6.72. The summed E-state index contributed by atoms with van der Waals surface area (Å²) in [5, 5.41) is 0. The molecule has 0 amide bonds. The number of esters is 1. The van der Waals surface area contributed by atoms with Crippen molar-refractivity contribution < 1.29 is 23.8 Å². The highest BCUT2D eigenvalue weighted by Crippen LogP contribution is 2.73. The van der Waals surface area contributed by atoms with E-state index < -0.39 is 16.6 Å². The highest BCUT2D eigenvalue weighted by molar-refractivity contribution is 6.00. The molecule has 5 heteroatoms. The molecule has 0 aromatic carbocycles. The van der Waals surface area contributed by atoms with Crippen LogP contribution >= 0.6 is 0 Å². The second-order valence-corrected chi connectivity index (χ2v) is 8.67. The van der Waals surface area contributed by atoms with Crippen LogP contribution in [0.1, 0.15) is 60.3 Å². The second kappa shape index (κ2) is 5.65. The smallest absolute Gasteiger partial charge is 0.307 e. The van der Waals surface area contributed by atoms with Gasteiger partial charge >= 0.3 is 5.97 Å². The van der Waals surface area contributed by atoms with E-state index in [1.165, 1.54) is 0 Å². The van der Waals surface area contributed by atoms with Crippen molar-refractivity contribution in [2.75, 3.05) is 13.2 Å². The lowest BCUT2D eigenvalue weighted by molar-refractivity contribution is -0.295. The van der Waals surface area contributed by atoms with E-state index in [2.05, 4.69) is 13.8 Å². The molecule has 6 unspecified atom stereocenters.